The maximum absolute atomic E-state index is 9.76. The molecule has 0 amide bonds. The third-order valence-electron chi connectivity index (χ3n) is 2.85. The first-order valence-corrected chi connectivity index (χ1v) is 6.03. The average molecular weight is 225 g/mol. The van der Waals surface area contributed by atoms with Gasteiger partial charge >= 0.3 is 0 Å². The summed E-state index contributed by atoms with van der Waals surface area (Å²) >= 11 is 0. The van der Waals surface area contributed by atoms with E-state index in [1.54, 1.807) is 6.20 Å². The molecule has 2 N–H and O–H groups in total. The van der Waals surface area contributed by atoms with E-state index in [0.717, 1.165) is 32.4 Å². The van der Waals surface area contributed by atoms with Crippen LogP contribution in [0.3, 0.4) is 0 Å². The van der Waals surface area contributed by atoms with Crippen molar-refractivity contribution in [2.24, 2.45) is 0 Å². The van der Waals surface area contributed by atoms with Gasteiger partial charge in [0.2, 0.25) is 0 Å². The Bertz CT molecular complexity index is 270. The Morgan fingerprint density at radius 1 is 1.44 bits per heavy atom. The zero-order valence-corrected chi connectivity index (χ0v) is 10.3. The number of aliphatic hydroxyl groups is 1. The maximum atomic E-state index is 9.76. The van der Waals surface area contributed by atoms with Crippen LogP contribution in [0.4, 0.5) is 0 Å². The van der Waals surface area contributed by atoms with Crippen molar-refractivity contribution in [2.45, 2.75) is 45.3 Å². The van der Waals surface area contributed by atoms with Crippen LogP contribution >= 0.6 is 0 Å². The van der Waals surface area contributed by atoms with Gasteiger partial charge in [0.05, 0.1) is 11.9 Å². The summed E-state index contributed by atoms with van der Waals surface area (Å²) in [7, 11) is 0. The molecule has 16 heavy (non-hydrogen) atoms. The molecule has 1 aromatic heterocycles. The molecule has 92 valence electrons. The Kier molecular flexibility index (Phi) is 5.49. The molecule has 0 fully saturated rings. The molecule has 0 bridgehead atoms. The zero-order chi connectivity index (χ0) is 11.9. The number of aryl methyl sites for hydroxylation is 1. The second-order valence-electron chi connectivity index (χ2n) is 4.53. The summed E-state index contributed by atoms with van der Waals surface area (Å²) in [6.45, 7) is 6.53. The van der Waals surface area contributed by atoms with E-state index in [0.29, 0.717) is 6.54 Å². The van der Waals surface area contributed by atoms with Crippen LogP contribution in [0.25, 0.3) is 0 Å². The van der Waals surface area contributed by atoms with Crippen LogP contribution in [0.1, 0.15) is 33.1 Å². The third kappa shape index (κ3) is 5.28. The molecule has 1 aromatic rings. The van der Waals surface area contributed by atoms with Gasteiger partial charge in [-0.15, -0.1) is 0 Å². The van der Waals surface area contributed by atoms with Crippen LogP contribution in [0.15, 0.2) is 18.7 Å². The van der Waals surface area contributed by atoms with E-state index >= 15 is 0 Å². The van der Waals surface area contributed by atoms with E-state index in [9.17, 15) is 5.11 Å². The highest BCUT2D eigenvalue weighted by Gasteiger charge is 2.15. The Balaban J connectivity index is 1.96. The van der Waals surface area contributed by atoms with Crippen molar-refractivity contribution in [1.82, 2.24) is 14.9 Å². The van der Waals surface area contributed by atoms with Gasteiger partial charge in [-0.05, 0) is 32.7 Å². The van der Waals surface area contributed by atoms with Crippen molar-refractivity contribution in [3.05, 3.63) is 18.7 Å². The SMILES string of the molecule is CCC(C)(O)CNCCCCn1ccnc1. The third-order valence-corrected chi connectivity index (χ3v) is 2.85. The highest BCUT2D eigenvalue weighted by atomic mass is 16.3. The summed E-state index contributed by atoms with van der Waals surface area (Å²) in [6.07, 6.45) is 8.67. The Labute approximate surface area is 97.7 Å². The van der Waals surface area contributed by atoms with E-state index in [1.807, 2.05) is 26.4 Å². The summed E-state index contributed by atoms with van der Waals surface area (Å²) < 4.78 is 2.09. The summed E-state index contributed by atoms with van der Waals surface area (Å²) in [5.74, 6) is 0. The Morgan fingerprint density at radius 2 is 2.25 bits per heavy atom. The highest BCUT2D eigenvalue weighted by molar-refractivity contribution is 4.74. The molecule has 4 nitrogen and oxygen atoms in total. The van der Waals surface area contributed by atoms with Gasteiger partial charge in [0.25, 0.3) is 0 Å². The van der Waals surface area contributed by atoms with Gasteiger partial charge in [-0.1, -0.05) is 6.92 Å². The standard InChI is InChI=1S/C12H23N3O/c1-3-12(2,16)10-13-6-4-5-8-15-9-7-14-11-15/h7,9,11,13,16H,3-6,8,10H2,1-2H3. The predicted molar refractivity (Wildman–Crippen MR) is 65.2 cm³/mol. The molecule has 0 saturated heterocycles. The van der Waals surface area contributed by atoms with Gasteiger partial charge in [-0.2, -0.15) is 0 Å². The van der Waals surface area contributed by atoms with Crippen molar-refractivity contribution in [1.29, 1.82) is 0 Å². The quantitative estimate of drug-likeness (QED) is 0.658. The lowest BCUT2D eigenvalue weighted by atomic mass is 10.0. The molecule has 0 saturated carbocycles. The molecule has 1 rings (SSSR count). The first-order valence-electron chi connectivity index (χ1n) is 6.03. The molecule has 0 radical (unpaired) electrons. The molecule has 0 aliphatic rings. The minimum absolute atomic E-state index is 0.565. The number of hydrogen-bond acceptors (Lipinski definition) is 3. The van der Waals surface area contributed by atoms with Gasteiger partial charge < -0.3 is 15.0 Å². The molecule has 0 aliphatic heterocycles. The highest BCUT2D eigenvalue weighted by Crippen LogP contribution is 2.05. The molecule has 1 unspecified atom stereocenters. The van der Waals surface area contributed by atoms with Gasteiger partial charge in [0.15, 0.2) is 0 Å². The van der Waals surface area contributed by atoms with E-state index < -0.39 is 5.60 Å². The molecule has 4 heteroatoms. The average Bonchev–Trinajstić information content (AvgIpc) is 2.76. The van der Waals surface area contributed by atoms with Crippen LogP contribution in [0.5, 0.6) is 0 Å². The number of imidazole rings is 1. The smallest absolute Gasteiger partial charge is 0.0945 e. The number of nitrogens with one attached hydrogen (secondary N) is 1. The van der Waals surface area contributed by atoms with Gasteiger partial charge in [0, 0.05) is 25.5 Å². The first-order chi connectivity index (χ1) is 7.64. The van der Waals surface area contributed by atoms with Crippen LogP contribution in [-0.2, 0) is 6.54 Å². The van der Waals surface area contributed by atoms with Crippen LogP contribution in [0, 0.1) is 0 Å². The molecular formula is C12H23N3O. The number of unbranched alkanes of at least 4 members (excludes halogenated alkanes) is 1. The number of hydrogen-bond donors (Lipinski definition) is 2. The largest absolute Gasteiger partial charge is 0.389 e. The minimum Gasteiger partial charge on any atom is -0.389 e. The van der Waals surface area contributed by atoms with E-state index in [1.165, 1.54) is 0 Å². The Morgan fingerprint density at radius 3 is 2.88 bits per heavy atom. The molecule has 0 aliphatic carbocycles. The predicted octanol–water partition coefficient (Wildman–Crippen LogP) is 1.41. The van der Waals surface area contributed by atoms with Crippen LogP contribution < -0.4 is 5.32 Å². The van der Waals surface area contributed by atoms with E-state index in [2.05, 4.69) is 14.9 Å². The monoisotopic (exact) mass is 225 g/mol. The van der Waals surface area contributed by atoms with Crippen LogP contribution in [-0.4, -0.2) is 33.3 Å². The summed E-state index contributed by atoms with van der Waals surface area (Å²) in [6, 6.07) is 0. The lowest BCUT2D eigenvalue weighted by Gasteiger charge is -2.21. The fourth-order valence-electron chi connectivity index (χ4n) is 1.45. The lowest BCUT2D eigenvalue weighted by molar-refractivity contribution is 0.0559. The van der Waals surface area contributed by atoms with E-state index in [-0.39, 0.29) is 0 Å². The fourth-order valence-corrected chi connectivity index (χ4v) is 1.45. The fraction of sp³-hybridized carbons (Fsp3) is 0.750. The van der Waals surface area contributed by atoms with Crippen molar-refractivity contribution in [3.8, 4) is 0 Å². The topological polar surface area (TPSA) is 50.1 Å². The second-order valence-corrected chi connectivity index (χ2v) is 4.53. The van der Waals surface area contributed by atoms with E-state index in [4.69, 9.17) is 0 Å². The van der Waals surface area contributed by atoms with Crippen molar-refractivity contribution < 1.29 is 5.11 Å². The minimum atomic E-state index is -0.565. The summed E-state index contributed by atoms with van der Waals surface area (Å²) in [4.78, 5) is 3.99. The van der Waals surface area contributed by atoms with Gasteiger partial charge in [-0.3, -0.25) is 0 Å². The second kappa shape index (κ2) is 6.66. The molecule has 1 heterocycles. The zero-order valence-electron chi connectivity index (χ0n) is 10.3. The number of rotatable bonds is 8. The van der Waals surface area contributed by atoms with Crippen molar-refractivity contribution in [3.63, 3.8) is 0 Å². The number of nitrogens with zero attached hydrogens (tertiary/aromatic N) is 2. The molecule has 0 aromatic carbocycles. The molecular weight excluding hydrogens is 202 g/mol. The lowest BCUT2D eigenvalue weighted by Crippen LogP contribution is -2.37. The number of aromatic nitrogens is 2. The summed E-state index contributed by atoms with van der Waals surface area (Å²) in [5.41, 5.74) is -0.565. The normalized spacial score (nSPS) is 14.9. The van der Waals surface area contributed by atoms with Crippen molar-refractivity contribution in [2.75, 3.05) is 13.1 Å². The van der Waals surface area contributed by atoms with Crippen molar-refractivity contribution >= 4 is 0 Å². The van der Waals surface area contributed by atoms with Gasteiger partial charge in [-0.25, -0.2) is 4.98 Å². The molecule has 0 spiro atoms. The van der Waals surface area contributed by atoms with Gasteiger partial charge in [0.1, 0.15) is 0 Å². The summed E-state index contributed by atoms with van der Waals surface area (Å²) in [5, 5.41) is 13.0. The first kappa shape index (κ1) is 13.2. The molecule has 1 atom stereocenters. The Hall–Kier alpha value is -0.870. The van der Waals surface area contributed by atoms with Crippen LogP contribution in [0.2, 0.25) is 0 Å². The maximum Gasteiger partial charge on any atom is 0.0945 e.